The van der Waals surface area contributed by atoms with Crippen molar-refractivity contribution in [3.8, 4) is 0 Å². The number of benzene rings is 4. The van der Waals surface area contributed by atoms with E-state index in [1.165, 1.54) is 4.90 Å². The number of rotatable bonds is 14. The van der Waals surface area contributed by atoms with Crippen LogP contribution in [-0.4, -0.2) is 42.3 Å². The molecular formula is C35H39N3O4. The van der Waals surface area contributed by atoms with Crippen molar-refractivity contribution in [3.05, 3.63) is 119 Å². The Labute approximate surface area is 247 Å². The molecule has 0 aliphatic heterocycles. The van der Waals surface area contributed by atoms with Gasteiger partial charge in [-0.2, -0.15) is 0 Å². The number of fused-ring (bicyclic) bond motifs is 1. The second kappa shape index (κ2) is 15.6. The molecular weight excluding hydrogens is 526 g/mol. The molecule has 4 aromatic carbocycles. The van der Waals surface area contributed by atoms with Crippen LogP contribution < -0.4 is 11.1 Å². The molecule has 7 nitrogen and oxygen atoms in total. The minimum atomic E-state index is -0.768. The number of hydrogen-bond acceptors (Lipinski definition) is 5. The van der Waals surface area contributed by atoms with Crippen LogP contribution in [0.3, 0.4) is 0 Å². The second-order valence-electron chi connectivity index (χ2n) is 10.3. The SMILES string of the molecule is CCCCCN(C(=O)COCc1ccccc1)C(=O)C(CNC(=O)c1cccc(CN)c1)c1ccc2ccccc2c1. The standard InChI is InChI=1S/C35H39N3O4/c1-2-3-9-19-38(33(39)25-42-24-26-11-5-4-6-12-26)35(41)32(30-18-17-28-14-7-8-15-29(28)21-30)23-37-34(40)31-16-10-13-27(20-31)22-36/h4-8,10-18,20-21,32H,2-3,9,19,22-25,36H2,1H3,(H,37,40). The van der Waals surface area contributed by atoms with Crippen LogP contribution in [0.5, 0.6) is 0 Å². The summed E-state index contributed by atoms with van der Waals surface area (Å²) < 4.78 is 5.72. The third-order valence-corrected chi connectivity index (χ3v) is 7.26. The molecule has 7 heteroatoms. The maximum atomic E-state index is 14.2. The first-order valence-electron chi connectivity index (χ1n) is 14.5. The summed E-state index contributed by atoms with van der Waals surface area (Å²) in [6.07, 6.45) is 2.53. The molecule has 1 unspecified atom stereocenters. The van der Waals surface area contributed by atoms with Crippen molar-refractivity contribution in [2.75, 3.05) is 19.7 Å². The van der Waals surface area contributed by atoms with E-state index in [1.54, 1.807) is 18.2 Å². The molecule has 4 aromatic rings. The van der Waals surface area contributed by atoms with Crippen LogP contribution in [0.2, 0.25) is 0 Å². The molecule has 0 saturated carbocycles. The van der Waals surface area contributed by atoms with Gasteiger partial charge in [0.15, 0.2) is 0 Å². The van der Waals surface area contributed by atoms with Gasteiger partial charge in [0, 0.05) is 25.2 Å². The number of nitrogens with two attached hydrogens (primary N) is 1. The maximum Gasteiger partial charge on any atom is 0.255 e. The number of carbonyl (C=O) groups is 3. The molecule has 0 aliphatic rings. The fourth-order valence-electron chi connectivity index (χ4n) is 4.88. The first kappa shape index (κ1) is 30.6. The van der Waals surface area contributed by atoms with Crippen molar-refractivity contribution in [2.45, 2.75) is 45.3 Å². The zero-order chi connectivity index (χ0) is 29.7. The van der Waals surface area contributed by atoms with E-state index >= 15 is 0 Å². The van der Waals surface area contributed by atoms with Crippen LogP contribution in [0.25, 0.3) is 10.8 Å². The Hall–Kier alpha value is -4.33. The quantitative estimate of drug-likeness (QED) is 0.195. The summed E-state index contributed by atoms with van der Waals surface area (Å²) in [6.45, 7) is 2.78. The van der Waals surface area contributed by atoms with Crippen molar-refractivity contribution in [1.29, 1.82) is 0 Å². The second-order valence-corrected chi connectivity index (χ2v) is 10.3. The molecule has 0 spiro atoms. The van der Waals surface area contributed by atoms with Crippen molar-refractivity contribution in [2.24, 2.45) is 5.73 Å². The van der Waals surface area contributed by atoms with Gasteiger partial charge in [0.25, 0.3) is 11.8 Å². The Balaban J connectivity index is 1.57. The van der Waals surface area contributed by atoms with Gasteiger partial charge in [-0.15, -0.1) is 0 Å². The van der Waals surface area contributed by atoms with Crippen LogP contribution >= 0.6 is 0 Å². The normalized spacial score (nSPS) is 11.7. The van der Waals surface area contributed by atoms with Gasteiger partial charge in [0.05, 0.1) is 12.5 Å². The Morgan fingerprint density at radius 2 is 1.57 bits per heavy atom. The van der Waals surface area contributed by atoms with Gasteiger partial charge in [0.2, 0.25) is 5.91 Å². The van der Waals surface area contributed by atoms with E-state index in [9.17, 15) is 14.4 Å². The molecule has 0 radical (unpaired) electrons. The highest BCUT2D eigenvalue weighted by molar-refractivity contribution is 6.00. The lowest BCUT2D eigenvalue weighted by molar-refractivity contribution is -0.149. The summed E-state index contributed by atoms with van der Waals surface area (Å²) in [6, 6.07) is 30.4. The topological polar surface area (TPSA) is 102 Å². The predicted octanol–water partition coefficient (Wildman–Crippen LogP) is 5.57. The lowest BCUT2D eigenvalue weighted by Gasteiger charge is -2.27. The van der Waals surface area contributed by atoms with Crippen molar-refractivity contribution in [3.63, 3.8) is 0 Å². The predicted molar refractivity (Wildman–Crippen MR) is 166 cm³/mol. The first-order chi connectivity index (χ1) is 20.5. The van der Waals surface area contributed by atoms with Gasteiger partial charge >= 0.3 is 0 Å². The van der Waals surface area contributed by atoms with E-state index in [1.807, 2.05) is 78.9 Å². The summed E-state index contributed by atoms with van der Waals surface area (Å²) in [5.74, 6) is -1.82. The molecule has 4 rings (SSSR count). The number of imide groups is 1. The van der Waals surface area contributed by atoms with Gasteiger partial charge in [0.1, 0.15) is 6.61 Å². The Kier molecular flexibility index (Phi) is 11.4. The van der Waals surface area contributed by atoms with Crippen LogP contribution in [0.15, 0.2) is 97.1 Å². The first-order valence-corrected chi connectivity index (χ1v) is 14.5. The number of nitrogens with one attached hydrogen (secondary N) is 1. The molecule has 0 saturated heterocycles. The zero-order valence-electron chi connectivity index (χ0n) is 24.1. The highest BCUT2D eigenvalue weighted by atomic mass is 16.5. The summed E-state index contributed by atoms with van der Waals surface area (Å²) in [7, 11) is 0. The molecule has 42 heavy (non-hydrogen) atoms. The van der Waals surface area contributed by atoms with E-state index in [0.717, 1.165) is 40.3 Å². The third kappa shape index (κ3) is 8.35. The summed E-state index contributed by atoms with van der Waals surface area (Å²) >= 11 is 0. The van der Waals surface area contributed by atoms with Crippen LogP contribution in [0.1, 0.15) is 59.2 Å². The number of hydrogen-bond donors (Lipinski definition) is 2. The monoisotopic (exact) mass is 565 g/mol. The molecule has 3 amide bonds. The third-order valence-electron chi connectivity index (χ3n) is 7.26. The highest BCUT2D eigenvalue weighted by Crippen LogP contribution is 2.24. The number of ether oxygens (including phenoxy) is 1. The average Bonchev–Trinajstić information content (AvgIpc) is 3.03. The van der Waals surface area contributed by atoms with Crippen LogP contribution in [0.4, 0.5) is 0 Å². The number of amides is 3. The minimum absolute atomic E-state index is 0.0330. The molecule has 3 N–H and O–H groups in total. The van der Waals surface area contributed by atoms with Gasteiger partial charge in [-0.3, -0.25) is 19.3 Å². The highest BCUT2D eigenvalue weighted by Gasteiger charge is 2.30. The van der Waals surface area contributed by atoms with Gasteiger partial charge in [-0.05, 0) is 46.0 Å². The smallest absolute Gasteiger partial charge is 0.255 e. The van der Waals surface area contributed by atoms with E-state index < -0.39 is 5.92 Å². The largest absolute Gasteiger partial charge is 0.367 e. The number of nitrogens with zero attached hydrogens (tertiary/aromatic N) is 1. The lowest BCUT2D eigenvalue weighted by atomic mass is 9.94. The molecule has 1 atom stereocenters. The fraction of sp³-hybridized carbons (Fsp3) is 0.286. The Morgan fingerprint density at radius 1 is 0.833 bits per heavy atom. The molecule has 0 aromatic heterocycles. The van der Waals surface area contributed by atoms with E-state index in [4.69, 9.17) is 10.5 Å². The maximum absolute atomic E-state index is 14.2. The molecule has 0 bridgehead atoms. The molecule has 0 heterocycles. The zero-order valence-corrected chi connectivity index (χ0v) is 24.1. The van der Waals surface area contributed by atoms with Crippen molar-refractivity contribution >= 4 is 28.5 Å². The average molecular weight is 566 g/mol. The van der Waals surface area contributed by atoms with E-state index in [-0.39, 0.29) is 44.0 Å². The van der Waals surface area contributed by atoms with Gasteiger partial charge < -0.3 is 15.8 Å². The fourth-order valence-corrected chi connectivity index (χ4v) is 4.88. The minimum Gasteiger partial charge on any atom is -0.367 e. The Bertz CT molecular complexity index is 1490. The summed E-state index contributed by atoms with van der Waals surface area (Å²) in [5, 5.41) is 4.95. The Morgan fingerprint density at radius 3 is 2.33 bits per heavy atom. The van der Waals surface area contributed by atoms with Crippen molar-refractivity contribution in [1.82, 2.24) is 10.2 Å². The summed E-state index contributed by atoms with van der Waals surface area (Å²) in [5.41, 5.74) is 8.74. The van der Waals surface area contributed by atoms with E-state index in [2.05, 4.69) is 12.2 Å². The molecule has 0 fully saturated rings. The molecule has 218 valence electrons. The number of unbranched alkanes of at least 4 members (excludes halogenated alkanes) is 2. The lowest BCUT2D eigenvalue weighted by Crippen LogP contribution is -2.45. The van der Waals surface area contributed by atoms with E-state index in [0.29, 0.717) is 18.5 Å². The van der Waals surface area contributed by atoms with Crippen molar-refractivity contribution < 1.29 is 19.1 Å². The van der Waals surface area contributed by atoms with Gasteiger partial charge in [-0.25, -0.2) is 0 Å². The molecule has 0 aliphatic carbocycles. The van der Waals surface area contributed by atoms with Crippen LogP contribution in [0, 0.1) is 0 Å². The number of carbonyl (C=O) groups excluding carboxylic acids is 3. The van der Waals surface area contributed by atoms with Gasteiger partial charge in [-0.1, -0.05) is 105 Å². The van der Waals surface area contributed by atoms with Crippen LogP contribution in [-0.2, 0) is 27.5 Å². The summed E-state index contributed by atoms with van der Waals surface area (Å²) in [4.78, 5) is 42.0.